The molecule has 0 unspecified atom stereocenters. The summed E-state index contributed by atoms with van der Waals surface area (Å²) in [6.45, 7) is 3.55. The predicted octanol–water partition coefficient (Wildman–Crippen LogP) is 5.56. The number of anilines is 2. The molecule has 0 spiro atoms. The molecule has 66 heavy (non-hydrogen) atoms. The molecule has 0 saturated heterocycles. The highest BCUT2D eigenvalue weighted by molar-refractivity contribution is 6.30. The van der Waals surface area contributed by atoms with Crippen molar-refractivity contribution in [2.24, 2.45) is 10.2 Å². The highest BCUT2D eigenvalue weighted by Gasteiger charge is 2.48. The number of nitrogens with zero attached hydrogens (tertiary/aromatic N) is 6. The van der Waals surface area contributed by atoms with Crippen LogP contribution in [-0.4, -0.2) is 137 Å². The second kappa shape index (κ2) is 24.8. The summed E-state index contributed by atoms with van der Waals surface area (Å²) in [5, 5.41) is 30.9. The van der Waals surface area contributed by atoms with E-state index in [4.69, 9.17) is 28.4 Å². The zero-order valence-corrected chi connectivity index (χ0v) is 36.5. The number of fused-ring (bicyclic) bond motifs is 1. The highest BCUT2D eigenvalue weighted by atomic mass is 16.6. The van der Waals surface area contributed by atoms with E-state index in [-0.39, 0.29) is 73.9 Å². The Hall–Kier alpha value is -7.20. The summed E-state index contributed by atoms with van der Waals surface area (Å²) >= 11 is 0. The van der Waals surface area contributed by atoms with Gasteiger partial charge in [0.1, 0.15) is 0 Å². The van der Waals surface area contributed by atoms with Crippen LogP contribution in [0.15, 0.2) is 118 Å². The zero-order valence-electron chi connectivity index (χ0n) is 36.5. The second-order valence-electron chi connectivity index (χ2n) is 14.4. The monoisotopic (exact) mass is 906 g/mol. The lowest BCUT2D eigenvalue weighted by atomic mass is 10.0. The molecule has 0 bridgehead atoms. The Balaban J connectivity index is 1.29. The van der Waals surface area contributed by atoms with Crippen LogP contribution in [0.5, 0.6) is 0 Å². The molecule has 0 aliphatic carbocycles. The number of hydrazone groups is 2. The van der Waals surface area contributed by atoms with Crippen molar-refractivity contribution in [2.45, 2.75) is 0 Å². The summed E-state index contributed by atoms with van der Waals surface area (Å²) < 4.78 is 32.8. The average molecular weight is 907 g/mol. The van der Waals surface area contributed by atoms with Gasteiger partial charge >= 0.3 is 0 Å². The lowest BCUT2D eigenvalue weighted by molar-refractivity contribution is -0.385. The lowest BCUT2D eigenvalue weighted by Gasteiger charge is -2.25. The van der Waals surface area contributed by atoms with E-state index < -0.39 is 9.85 Å². The first-order valence-electron chi connectivity index (χ1n) is 20.9. The number of hydrogen-bond donors (Lipinski definition) is 2. The maximum absolute atomic E-state index is 14.8. The molecule has 346 valence electrons. The van der Waals surface area contributed by atoms with Crippen LogP contribution in [0.25, 0.3) is 11.4 Å². The van der Waals surface area contributed by atoms with Gasteiger partial charge in [0, 0.05) is 51.6 Å². The molecule has 0 aromatic heterocycles. The van der Waals surface area contributed by atoms with Gasteiger partial charge in [0.25, 0.3) is 23.2 Å². The maximum atomic E-state index is 14.8. The molecule has 2 aliphatic heterocycles. The van der Waals surface area contributed by atoms with Crippen LogP contribution >= 0.6 is 0 Å². The number of non-ortho nitro benzene ring substituents is 2. The Kier molecular flexibility index (Phi) is 18.1. The number of carbonyl (C=O) groups is 2. The molecular formula is C46H50N8O12. The van der Waals surface area contributed by atoms with Gasteiger partial charge in [-0.1, -0.05) is 60.7 Å². The molecule has 20 nitrogen and oxygen atoms in total. The van der Waals surface area contributed by atoms with Crippen molar-refractivity contribution < 1.29 is 47.9 Å². The van der Waals surface area contributed by atoms with E-state index in [1.54, 1.807) is 109 Å². The van der Waals surface area contributed by atoms with Gasteiger partial charge in [0.15, 0.2) is 0 Å². The quantitative estimate of drug-likeness (QED) is 0.0308. The van der Waals surface area contributed by atoms with E-state index in [0.717, 1.165) is 0 Å². The standard InChI is InChI=1S/C46H50N8O12/c1-61-21-23-65-27-25-63-19-17-51-43(35-13-9-33(10-14-35)31-47-49-37-5-3-7-39(29-37)53(57)58)41-42(45(51)55)44(52(46(41)56)18-20-64-26-28-66-24-22-62-2)36-15-11-34(12-16-36)32-48-50-38-6-4-8-40(30-38)54(59)60/h3-16,29-32,49-50H,17-28H2,1-2H3/b47-31+,48-32+. The van der Waals surface area contributed by atoms with Gasteiger partial charge in [0.05, 0.1) is 122 Å². The first kappa shape index (κ1) is 48.3. The molecule has 6 rings (SSSR count). The number of ether oxygens (including phenoxy) is 6. The van der Waals surface area contributed by atoms with Crippen LogP contribution in [-0.2, 0) is 38.0 Å². The van der Waals surface area contributed by atoms with Crippen molar-refractivity contribution >= 4 is 58.4 Å². The van der Waals surface area contributed by atoms with Gasteiger partial charge in [-0.2, -0.15) is 10.2 Å². The van der Waals surface area contributed by atoms with Crippen LogP contribution in [0.4, 0.5) is 22.7 Å². The third-order valence-electron chi connectivity index (χ3n) is 10.0. The fourth-order valence-corrected chi connectivity index (χ4v) is 6.86. The minimum Gasteiger partial charge on any atom is -0.382 e. The third-order valence-corrected chi connectivity index (χ3v) is 10.0. The van der Waals surface area contributed by atoms with Gasteiger partial charge in [-0.15, -0.1) is 0 Å². The van der Waals surface area contributed by atoms with Gasteiger partial charge < -0.3 is 38.2 Å². The predicted molar refractivity (Wildman–Crippen MR) is 246 cm³/mol. The molecule has 4 aromatic carbocycles. The first-order chi connectivity index (χ1) is 32.2. The fourth-order valence-electron chi connectivity index (χ4n) is 6.86. The molecule has 4 aromatic rings. The lowest BCUT2D eigenvalue weighted by Crippen LogP contribution is -2.33. The van der Waals surface area contributed by atoms with Gasteiger partial charge in [-0.05, 0) is 34.4 Å². The van der Waals surface area contributed by atoms with Crippen LogP contribution < -0.4 is 10.9 Å². The number of nitro groups is 2. The summed E-state index contributed by atoms with van der Waals surface area (Å²) in [6, 6.07) is 26.3. The molecule has 0 atom stereocenters. The highest BCUT2D eigenvalue weighted by Crippen LogP contribution is 2.46. The number of nitrogens with one attached hydrogen (secondary N) is 2. The van der Waals surface area contributed by atoms with Crippen LogP contribution in [0, 0.1) is 20.2 Å². The van der Waals surface area contributed by atoms with Crippen molar-refractivity contribution in [3.8, 4) is 0 Å². The summed E-state index contributed by atoms with van der Waals surface area (Å²) in [7, 11) is 3.18. The van der Waals surface area contributed by atoms with E-state index in [9.17, 15) is 29.8 Å². The maximum Gasteiger partial charge on any atom is 0.271 e. The molecule has 0 saturated carbocycles. The number of hydrogen-bond acceptors (Lipinski definition) is 16. The Bertz CT molecular complexity index is 2270. The Labute approximate surface area is 380 Å². The van der Waals surface area contributed by atoms with Crippen molar-refractivity contribution in [1.29, 1.82) is 0 Å². The molecule has 2 aliphatic rings. The Morgan fingerprint density at radius 2 is 0.894 bits per heavy atom. The second-order valence-corrected chi connectivity index (χ2v) is 14.4. The molecule has 2 N–H and O–H groups in total. The molecule has 2 amide bonds. The molecule has 2 heterocycles. The van der Waals surface area contributed by atoms with E-state index in [0.29, 0.717) is 84.7 Å². The van der Waals surface area contributed by atoms with Gasteiger partial charge in [0.2, 0.25) is 0 Å². The summed E-state index contributed by atoms with van der Waals surface area (Å²) in [5.41, 5.74) is 10.2. The summed E-state index contributed by atoms with van der Waals surface area (Å²) in [6.07, 6.45) is 3.10. The van der Waals surface area contributed by atoms with Gasteiger partial charge in [-0.25, -0.2) is 0 Å². The van der Waals surface area contributed by atoms with Crippen molar-refractivity contribution in [2.75, 3.05) is 104 Å². The smallest absolute Gasteiger partial charge is 0.271 e. The normalized spacial score (nSPS) is 13.8. The zero-order chi connectivity index (χ0) is 46.7. The molecule has 0 fully saturated rings. The molecular weight excluding hydrogens is 857 g/mol. The van der Waals surface area contributed by atoms with Crippen molar-refractivity contribution in [1.82, 2.24) is 9.80 Å². The van der Waals surface area contributed by atoms with Crippen molar-refractivity contribution in [3.63, 3.8) is 0 Å². The number of carbonyl (C=O) groups excluding carboxylic acids is 2. The summed E-state index contributed by atoms with van der Waals surface area (Å²) in [4.78, 5) is 54.1. The number of methoxy groups -OCH3 is 2. The van der Waals surface area contributed by atoms with Crippen LogP contribution in [0.3, 0.4) is 0 Å². The summed E-state index contributed by atoms with van der Waals surface area (Å²) in [5.74, 6) is -0.756. The Morgan fingerprint density at radius 1 is 0.530 bits per heavy atom. The SMILES string of the molecule is COCCOCCOCCN1C(=O)C2=C(c3ccc(/C=N/Nc4cccc([N+](=O)[O-])c4)cc3)N(CCOCCOCCOC)C(=O)C2=C1c1ccc(/C=N/Nc2cccc([N+](=O)[O-])c2)cc1. The third kappa shape index (κ3) is 13.0. The fraction of sp³-hybridized carbons (Fsp3) is 0.304. The molecule has 20 heteroatoms. The number of nitro benzene ring substituents is 2. The van der Waals surface area contributed by atoms with Crippen molar-refractivity contribution in [3.05, 3.63) is 151 Å². The van der Waals surface area contributed by atoms with Crippen LogP contribution in [0.1, 0.15) is 22.3 Å². The average Bonchev–Trinajstić information content (AvgIpc) is 3.77. The minimum absolute atomic E-state index is 0.0745. The molecule has 0 radical (unpaired) electrons. The van der Waals surface area contributed by atoms with E-state index >= 15 is 0 Å². The number of benzene rings is 4. The number of amides is 2. The van der Waals surface area contributed by atoms with E-state index in [1.807, 2.05) is 0 Å². The topological polar surface area (TPSA) is 231 Å². The van der Waals surface area contributed by atoms with Gasteiger partial charge in [-0.3, -0.25) is 40.7 Å². The minimum atomic E-state index is -0.488. The van der Waals surface area contributed by atoms with Crippen LogP contribution in [0.2, 0.25) is 0 Å². The first-order valence-corrected chi connectivity index (χ1v) is 20.9. The van der Waals surface area contributed by atoms with E-state index in [2.05, 4.69) is 21.1 Å². The Morgan fingerprint density at radius 3 is 1.26 bits per heavy atom. The number of rotatable bonds is 28. The largest absolute Gasteiger partial charge is 0.382 e. The van der Waals surface area contributed by atoms with E-state index in [1.165, 1.54) is 24.3 Å².